The van der Waals surface area contributed by atoms with E-state index in [9.17, 15) is 10.1 Å². The van der Waals surface area contributed by atoms with E-state index in [4.69, 9.17) is 0 Å². The monoisotopic (exact) mass is 900 g/mol. The highest BCUT2D eigenvalue weighted by molar-refractivity contribution is 7.17. The zero-order valence-electron chi connectivity index (χ0n) is 33.9. The molecule has 0 aliphatic heterocycles. The number of fused-ring (bicyclic) bond motifs is 1. The lowest BCUT2D eigenvalue weighted by molar-refractivity contribution is 0.104. The van der Waals surface area contributed by atoms with Crippen LogP contribution in [0, 0.1) is 11.3 Å². The summed E-state index contributed by atoms with van der Waals surface area (Å²) in [5.41, 5.74) is 9.94. The van der Waals surface area contributed by atoms with E-state index in [0.29, 0.717) is 16.7 Å². The topological polar surface area (TPSA) is 44.1 Å². The molecule has 63 heavy (non-hydrogen) atoms. The van der Waals surface area contributed by atoms with Gasteiger partial charge in [0.25, 0.3) is 0 Å². The van der Waals surface area contributed by atoms with Crippen molar-refractivity contribution in [1.29, 1.82) is 5.26 Å². The second-order valence-corrected chi connectivity index (χ2v) is 20.1. The number of rotatable bonds is 11. The van der Waals surface area contributed by atoms with Gasteiger partial charge in [-0.3, -0.25) is 4.79 Å². The number of anilines is 3. The summed E-state index contributed by atoms with van der Waals surface area (Å²) < 4.78 is 0. The Morgan fingerprint density at radius 1 is 0.492 bits per heavy atom. The second-order valence-electron chi connectivity index (χ2n) is 14.8. The van der Waals surface area contributed by atoms with E-state index in [-0.39, 0.29) is 5.78 Å². The molecule has 1 aliphatic rings. The summed E-state index contributed by atoms with van der Waals surface area (Å²) >= 11 is 8.71. The van der Waals surface area contributed by atoms with Crippen molar-refractivity contribution in [1.82, 2.24) is 0 Å². The average molecular weight is 901 g/mol. The Hall–Kier alpha value is -6.70. The van der Waals surface area contributed by atoms with E-state index >= 15 is 0 Å². The van der Waals surface area contributed by atoms with Gasteiger partial charge in [0.05, 0.1) is 6.07 Å². The molecule has 10 rings (SSSR count). The Morgan fingerprint density at radius 3 is 1.37 bits per heavy atom. The van der Waals surface area contributed by atoms with Crippen LogP contribution < -0.4 is 4.90 Å². The van der Waals surface area contributed by atoms with E-state index < -0.39 is 0 Å². The molecule has 0 saturated heterocycles. The van der Waals surface area contributed by atoms with Crippen LogP contribution in [0.5, 0.6) is 0 Å². The molecule has 0 saturated carbocycles. The van der Waals surface area contributed by atoms with Crippen LogP contribution in [-0.2, 0) is 0 Å². The fraction of sp³-hybridized carbons (Fsp3) is 0.0182. The minimum atomic E-state index is -0.0417. The number of nitriles is 1. The maximum absolute atomic E-state index is 13.5. The minimum Gasteiger partial charge on any atom is -0.311 e. The number of carbonyl (C=O) groups is 1. The summed E-state index contributed by atoms with van der Waals surface area (Å²) in [6.45, 7) is 1.78. The maximum atomic E-state index is 13.5. The first-order chi connectivity index (χ1) is 31.0. The molecule has 9 aromatic rings. The van der Waals surface area contributed by atoms with Crippen molar-refractivity contribution in [3.05, 3.63) is 215 Å². The van der Waals surface area contributed by atoms with Crippen LogP contribution in [0.2, 0.25) is 0 Å². The Labute approximate surface area is 387 Å². The number of thiophene rings is 5. The molecule has 0 spiro atoms. The number of carbonyl (C=O) groups excluding carboxylic acids is 1. The summed E-state index contributed by atoms with van der Waals surface area (Å²) in [6.07, 6.45) is 10.7. The van der Waals surface area contributed by atoms with Gasteiger partial charge in [-0.15, -0.1) is 56.7 Å². The molecule has 3 nitrogen and oxygen atoms in total. The first-order valence-electron chi connectivity index (χ1n) is 20.3. The van der Waals surface area contributed by atoms with Crippen LogP contribution in [0.1, 0.15) is 47.2 Å². The largest absolute Gasteiger partial charge is 0.311 e. The zero-order valence-corrected chi connectivity index (χ0v) is 38.0. The van der Waals surface area contributed by atoms with Crippen molar-refractivity contribution in [2.75, 3.05) is 4.90 Å². The maximum Gasteiger partial charge on any atom is 0.194 e. The van der Waals surface area contributed by atoms with Crippen LogP contribution in [0.4, 0.5) is 17.1 Å². The number of hydrogen-bond acceptors (Lipinski definition) is 8. The van der Waals surface area contributed by atoms with E-state index in [2.05, 4.69) is 179 Å². The predicted octanol–water partition coefficient (Wildman–Crippen LogP) is 17.4. The Kier molecular flexibility index (Phi) is 11.5. The summed E-state index contributed by atoms with van der Waals surface area (Å²) in [5, 5.41) is 14.0. The van der Waals surface area contributed by atoms with E-state index in [1.807, 2.05) is 30.3 Å². The van der Waals surface area contributed by atoms with Crippen molar-refractivity contribution in [2.24, 2.45) is 0 Å². The number of ketones is 1. The number of Topliss-reactive ketones (excluding diaryl/α,β-unsaturated/α-hetero) is 1. The van der Waals surface area contributed by atoms with Gasteiger partial charge in [-0.2, -0.15) is 5.26 Å². The zero-order chi connectivity index (χ0) is 42.7. The summed E-state index contributed by atoms with van der Waals surface area (Å²) in [7, 11) is 0. The van der Waals surface area contributed by atoms with Gasteiger partial charge in [-0.05, 0) is 155 Å². The highest BCUT2D eigenvalue weighted by Gasteiger charge is 2.31. The molecule has 0 fully saturated rings. The lowest BCUT2D eigenvalue weighted by atomic mass is 9.99. The van der Waals surface area contributed by atoms with Gasteiger partial charge in [0.1, 0.15) is 0 Å². The fourth-order valence-corrected chi connectivity index (χ4v) is 11.7. The standard InChI is InChI=1S/C55H36N2OS5/c1-36(35-56)54-48-8-2-3-9-49(48)55(58)50(54)34-47-28-31-53(63-47)39-14-20-42(21-15-39)57(40-16-10-37(11-17-40)51-29-26-45(61-51)24-22-43-6-4-32-59-43)41-18-12-38(13-19-41)52-30-27-46(62-52)25-23-44-7-5-33-60-44/h2-34H,1H3/b24-22+,25-23+,50-34-,54-36-. The predicted molar refractivity (Wildman–Crippen MR) is 275 cm³/mol. The Balaban J connectivity index is 0.940. The minimum absolute atomic E-state index is 0.0417. The molecule has 0 unspecified atom stereocenters. The third kappa shape index (κ3) is 8.58. The number of benzene rings is 4. The normalized spacial score (nSPS) is 13.9. The van der Waals surface area contributed by atoms with Crippen molar-refractivity contribution >= 4 is 115 Å². The van der Waals surface area contributed by atoms with E-state index in [0.717, 1.165) is 43.5 Å². The Morgan fingerprint density at radius 2 is 0.921 bits per heavy atom. The first-order valence-corrected chi connectivity index (χ1v) is 24.5. The first kappa shape index (κ1) is 40.4. The van der Waals surface area contributed by atoms with Crippen LogP contribution >= 0.6 is 56.7 Å². The summed E-state index contributed by atoms with van der Waals surface area (Å²) in [5.74, 6) is -0.0417. The van der Waals surface area contributed by atoms with E-state index in [1.165, 1.54) is 40.4 Å². The molecule has 4 aromatic carbocycles. The van der Waals surface area contributed by atoms with Crippen molar-refractivity contribution in [3.8, 4) is 37.4 Å². The molecule has 8 heteroatoms. The van der Waals surface area contributed by atoms with Crippen LogP contribution in [0.15, 0.2) is 180 Å². The molecular weight excluding hydrogens is 865 g/mol. The SMILES string of the molecule is C/C(C#N)=C1/C(=C/c2ccc(-c3ccc(N(c4ccc(-c5ccc(/C=C/c6cccs6)s5)cc4)c4ccc(-c5ccc(/C=C/c6cccs6)s5)cc4)cc3)s2)C(=O)c2ccccc21. The molecule has 1 aliphatic carbocycles. The lowest BCUT2D eigenvalue weighted by Crippen LogP contribution is -2.09. The molecule has 0 N–H and O–H groups in total. The molecule has 0 bridgehead atoms. The second kappa shape index (κ2) is 18.0. The van der Waals surface area contributed by atoms with Crippen molar-refractivity contribution in [2.45, 2.75) is 6.92 Å². The Bertz CT molecular complexity index is 3110. The van der Waals surface area contributed by atoms with Crippen molar-refractivity contribution < 1.29 is 4.79 Å². The van der Waals surface area contributed by atoms with E-state index in [1.54, 1.807) is 63.6 Å². The average Bonchev–Trinajstić information content (AvgIpc) is 4.20. The highest BCUT2D eigenvalue weighted by atomic mass is 32.1. The van der Waals surface area contributed by atoms with Gasteiger partial charge in [-0.25, -0.2) is 0 Å². The third-order valence-electron chi connectivity index (χ3n) is 10.8. The van der Waals surface area contributed by atoms with Crippen molar-refractivity contribution in [3.63, 3.8) is 0 Å². The number of allylic oxidation sites excluding steroid dienone is 3. The van der Waals surface area contributed by atoms with Crippen LogP contribution in [-0.4, -0.2) is 5.78 Å². The van der Waals surface area contributed by atoms with Gasteiger partial charge in [0, 0.05) is 78.4 Å². The number of hydrogen-bond donors (Lipinski definition) is 0. The van der Waals surface area contributed by atoms with Gasteiger partial charge >= 0.3 is 0 Å². The molecule has 0 radical (unpaired) electrons. The van der Waals surface area contributed by atoms with Crippen LogP contribution in [0.25, 0.3) is 67.3 Å². The van der Waals surface area contributed by atoms with Gasteiger partial charge < -0.3 is 4.90 Å². The number of nitrogens with zero attached hydrogens (tertiary/aromatic N) is 2. The molecule has 0 amide bonds. The molecular formula is C55H36N2OS5. The molecule has 5 aromatic heterocycles. The van der Waals surface area contributed by atoms with Crippen LogP contribution in [0.3, 0.4) is 0 Å². The molecule has 302 valence electrons. The lowest BCUT2D eigenvalue weighted by Gasteiger charge is -2.26. The molecule has 0 atom stereocenters. The van der Waals surface area contributed by atoms with Gasteiger partial charge in [-0.1, -0.05) is 72.8 Å². The summed E-state index contributed by atoms with van der Waals surface area (Å²) in [4.78, 5) is 25.3. The fourth-order valence-electron chi connectivity index (χ4n) is 7.70. The third-order valence-corrected chi connectivity index (χ3v) is 15.8. The van der Waals surface area contributed by atoms with Gasteiger partial charge in [0.2, 0.25) is 0 Å². The smallest absolute Gasteiger partial charge is 0.194 e. The molecule has 5 heterocycles. The highest BCUT2D eigenvalue weighted by Crippen LogP contribution is 2.43. The summed E-state index contributed by atoms with van der Waals surface area (Å²) in [6, 6.07) is 57.6. The van der Waals surface area contributed by atoms with Gasteiger partial charge in [0.15, 0.2) is 5.78 Å². The quantitative estimate of drug-likeness (QED) is 0.0959.